The molecule has 5 aromatic rings. The summed E-state index contributed by atoms with van der Waals surface area (Å²) in [4.78, 5) is 0. The zero-order chi connectivity index (χ0) is 23.9. The number of hydrogen-bond donors (Lipinski definition) is 0. The molecule has 0 spiro atoms. The summed E-state index contributed by atoms with van der Waals surface area (Å²) >= 11 is 0. The van der Waals surface area contributed by atoms with Gasteiger partial charge in [-0.15, -0.1) is 0 Å². The third-order valence-corrected chi connectivity index (χ3v) is 6.46. The summed E-state index contributed by atoms with van der Waals surface area (Å²) in [5.74, 6) is 1.02. The highest BCUT2D eigenvalue weighted by Crippen LogP contribution is 2.37. The summed E-state index contributed by atoms with van der Waals surface area (Å²) in [6, 6.07) is 16.9. The van der Waals surface area contributed by atoms with Gasteiger partial charge in [0.15, 0.2) is 0 Å². The maximum Gasteiger partial charge on any atom is 0.295 e. The van der Waals surface area contributed by atoms with Crippen molar-refractivity contribution in [3.8, 4) is 5.82 Å². The van der Waals surface area contributed by atoms with Gasteiger partial charge in [0.05, 0.1) is 24.0 Å². The molecule has 3 heteroatoms. The number of fused-ring (bicyclic) bond motifs is 4. The minimum Gasteiger partial charge on any atom is -0.315 e. The fourth-order valence-corrected chi connectivity index (χ4v) is 4.61. The lowest BCUT2D eigenvalue weighted by Gasteiger charge is -2.19. The largest absolute Gasteiger partial charge is 0.315 e. The van der Waals surface area contributed by atoms with Crippen molar-refractivity contribution in [2.24, 2.45) is 14.1 Å². The van der Waals surface area contributed by atoms with Crippen molar-refractivity contribution in [1.82, 2.24) is 9.13 Å². The van der Waals surface area contributed by atoms with Crippen molar-refractivity contribution in [3.05, 3.63) is 71.5 Å². The first-order chi connectivity index (χ1) is 15.4. The smallest absolute Gasteiger partial charge is 0.295 e. The Balaban J connectivity index is 1.99. The molecule has 0 aliphatic heterocycles. The van der Waals surface area contributed by atoms with Gasteiger partial charge in [0.1, 0.15) is 5.52 Å². The maximum atomic E-state index is 8.26. The molecule has 0 aliphatic rings. The number of pyridine rings is 1. The molecule has 2 aromatic carbocycles. The van der Waals surface area contributed by atoms with Crippen LogP contribution in [-0.4, -0.2) is 9.13 Å². The molecule has 30 heavy (non-hydrogen) atoms. The molecule has 0 unspecified atom stereocenters. The lowest BCUT2D eigenvalue weighted by molar-refractivity contribution is -0.664. The van der Waals surface area contributed by atoms with Crippen LogP contribution < -0.4 is 4.57 Å². The molecule has 0 N–H and O–H groups in total. The number of nitrogens with zero attached hydrogens (tertiary/aromatic N) is 3. The predicted octanol–water partition coefficient (Wildman–Crippen LogP) is 6.01. The lowest BCUT2D eigenvalue weighted by Crippen LogP contribution is -2.34. The van der Waals surface area contributed by atoms with Crippen LogP contribution in [0.15, 0.2) is 54.7 Å². The molecule has 0 saturated carbocycles. The van der Waals surface area contributed by atoms with E-state index in [1.807, 2.05) is 43.8 Å². The van der Waals surface area contributed by atoms with Crippen LogP contribution in [-0.2, 0) is 19.5 Å². The van der Waals surface area contributed by atoms with Gasteiger partial charge < -0.3 is 4.57 Å². The van der Waals surface area contributed by atoms with Gasteiger partial charge in [-0.2, -0.15) is 4.57 Å². The standard InChI is InChI=1S/C27H30N3/c1-17-18(2)29(7)26-24(17)22-10-8-9-11-23(22)30(26)25-21-13-12-20(27(3,4)5)16-19(21)14-15-28(25)6/h8-16H,1-7H3/q+1/i1D3. The summed E-state index contributed by atoms with van der Waals surface area (Å²) in [6.07, 6.45) is 2.09. The maximum absolute atomic E-state index is 8.26. The number of aryl methyl sites for hydroxylation is 3. The third-order valence-electron chi connectivity index (χ3n) is 6.46. The summed E-state index contributed by atoms with van der Waals surface area (Å²) in [5.41, 5.74) is 4.47. The lowest BCUT2D eigenvalue weighted by atomic mass is 9.86. The van der Waals surface area contributed by atoms with E-state index in [2.05, 4.69) is 66.4 Å². The minimum absolute atomic E-state index is 0.0592. The summed E-state index contributed by atoms with van der Waals surface area (Å²) in [7, 11) is 4.01. The van der Waals surface area contributed by atoms with Gasteiger partial charge in [0.25, 0.3) is 5.82 Å². The summed E-state index contributed by atoms with van der Waals surface area (Å²) in [6.45, 7) is 6.39. The molecule has 0 bridgehead atoms. The molecule has 0 amide bonds. The van der Waals surface area contributed by atoms with Crippen molar-refractivity contribution >= 4 is 32.7 Å². The first-order valence-corrected chi connectivity index (χ1v) is 10.4. The van der Waals surface area contributed by atoms with Crippen molar-refractivity contribution in [2.45, 2.75) is 40.0 Å². The van der Waals surface area contributed by atoms with Gasteiger partial charge in [-0.25, -0.2) is 4.57 Å². The van der Waals surface area contributed by atoms with Crippen LogP contribution >= 0.6 is 0 Å². The number of aromatic nitrogens is 3. The van der Waals surface area contributed by atoms with Crippen LogP contribution in [0.5, 0.6) is 0 Å². The molecule has 0 saturated heterocycles. The molecule has 3 heterocycles. The first kappa shape index (κ1) is 15.7. The fraction of sp³-hybridized carbons (Fsp3) is 0.296. The van der Waals surface area contributed by atoms with E-state index in [-0.39, 0.29) is 5.41 Å². The van der Waals surface area contributed by atoms with Gasteiger partial charge in [-0.1, -0.05) is 45.0 Å². The molecule has 0 atom stereocenters. The topological polar surface area (TPSA) is 13.7 Å². The van der Waals surface area contributed by atoms with E-state index >= 15 is 0 Å². The zero-order valence-electron chi connectivity index (χ0n) is 21.5. The van der Waals surface area contributed by atoms with Crippen molar-refractivity contribution in [3.63, 3.8) is 0 Å². The molecule has 0 aliphatic carbocycles. The molecular weight excluding hydrogens is 366 g/mol. The highest BCUT2D eigenvalue weighted by Gasteiger charge is 2.28. The van der Waals surface area contributed by atoms with Crippen LogP contribution in [0.3, 0.4) is 0 Å². The average molecular weight is 400 g/mol. The quantitative estimate of drug-likeness (QED) is 0.306. The fourth-order valence-electron chi connectivity index (χ4n) is 4.61. The van der Waals surface area contributed by atoms with E-state index in [0.29, 0.717) is 5.56 Å². The monoisotopic (exact) mass is 399 g/mol. The number of para-hydroxylation sites is 1. The highest BCUT2D eigenvalue weighted by atomic mass is 15.2. The highest BCUT2D eigenvalue weighted by molar-refractivity contribution is 6.11. The van der Waals surface area contributed by atoms with Crippen LogP contribution in [0.1, 0.15) is 41.7 Å². The Labute approximate surface area is 182 Å². The molecule has 5 rings (SSSR count). The second-order valence-corrected chi connectivity index (χ2v) is 9.37. The van der Waals surface area contributed by atoms with E-state index in [0.717, 1.165) is 38.8 Å². The third kappa shape index (κ3) is 2.48. The Morgan fingerprint density at radius 2 is 1.77 bits per heavy atom. The minimum atomic E-state index is -2.19. The Hall–Kier alpha value is -3.07. The Bertz CT molecular complexity index is 1560. The van der Waals surface area contributed by atoms with E-state index < -0.39 is 6.85 Å². The molecule has 3 aromatic heterocycles. The normalized spacial score (nSPS) is 14.4. The van der Waals surface area contributed by atoms with E-state index in [9.17, 15) is 0 Å². The Kier molecular flexibility index (Phi) is 3.26. The zero-order valence-corrected chi connectivity index (χ0v) is 18.5. The van der Waals surface area contributed by atoms with E-state index in [1.54, 1.807) is 0 Å². The molecule has 0 fully saturated rings. The summed E-state index contributed by atoms with van der Waals surface area (Å²) < 4.78 is 31.2. The number of rotatable bonds is 1. The van der Waals surface area contributed by atoms with Crippen LogP contribution in [0, 0.1) is 13.8 Å². The molecule has 3 nitrogen and oxygen atoms in total. The predicted molar refractivity (Wildman–Crippen MR) is 127 cm³/mol. The van der Waals surface area contributed by atoms with Gasteiger partial charge in [0, 0.05) is 22.2 Å². The van der Waals surface area contributed by atoms with Crippen LogP contribution in [0.2, 0.25) is 0 Å². The Morgan fingerprint density at radius 1 is 1.00 bits per heavy atom. The molecular formula is C27H30N3+. The molecule has 152 valence electrons. The van der Waals surface area contributed by atoms with Gasteiger partial charge in [-0.05, 0) is 60.0 Å². The first-order valence-electron chi connectivity index (χ1n) is 11.9. The SMILES string of the molecule is [2H]C([2H])([2H])c1c(C)n(C)c2c1c1ccccc1n2-c1c2ccc(C(C)(C)C)cc2cc[n+]1C. The average Bonchev–Trinajstić information content (AvgIpc) is 3.19. The van der Waals surface area contributed by atoms with Crippen LogP contribution in [0.4, 0.5) is 0 Å². The Morgan fingerprint density at radius 3 is 2.50 bits per heavy atom. The molecule has 0 radical (unpaired) electrons. The van der Waals surface area contributed by atoms with Gasteiger partial charge in [0.2, 0.25) is 5.65 Å². The van der Waals surface area contributed by atoms with Crippen molar-refractivity contribution < 1.29 is 8.68 Å². The number of hydrogen-bond acceptors (Lipinski definition) is 0. The van der Waals surface area contributed by atoms with E-state index in [1.165, 1.54) is 10.9 Å². The van der Waals surface area contributed by atoms with Crippen molar-refractivity contribution in [1.29, 1.82) is 0 Å². The van der Waals surface area contributed by atoms with Gasteiger partial charge >= 0.3 is 0 Å². The van der Waals surface area contributed by atoms with Gasteiger partial charge in [-0.3, -0.25) is 0 Å². The van der Waals surface area contributed by atoms with Crippen LogP contribution in [0.25, 0.3) is 38.5 Å². The summed E-state index contributed by atoms with van der Waals surface area (Å²) in [5, 5.41) is 4.08. The van der Waals surface area contributed by atoms with E-state index in [4.69, 9.17) is 4.11 Å². The second kappa shape index (κ2) is 6.21. The van der Waals surface area contributed by atoms with Crippen molar-refractivity contribution in [2.75, 3.05) is 0 Å². The second-order valence-electron chi connectivity index (χ2n) is 9.37. The number of benzene rings is 2.